The first-order chi connectivity index (χ1) is 10.1. The molecule has 0 saturated carbocycles. The Labute approximate surface area is 133 Å². The topological polar surface area (TPSA) is 46.2 Å². The van der Waals surface area contributed by atoms with Crippen molar-refractivity contribution in [2.24, 2.45) is 0 Å². The van der Waals surface area contributed by atoms with Gasteiger partial charge in [-0.1, -0.05) is 17.7 Å². The largest absolute Gasteiger partial charge is 0.279 e. The lowest BCUT2D eigenvalue weighted by molar-refractivity contribution is 0.601. The van der Waals surface area contributed by atoms with Crippen LogP contribution in [0.1, 0.15) is 33.4 Å². The summed E-state index contributed by atoms with van der Waals surface area (Å²) >= 11 is 0. The monoisotopic (exact) mass is 317 g/mol. The molecule has 0 bridgehead atoms. The highest BCUT2D eigenvalue weighted by Gasteiger charge is 2.19. The van der Waals surface area contributed by atoms with Gasteiger partial charge in [0.1, 0.15) is 0 Å². The van der Waals surface area contributed by atoms with Gasteiger partial charge in [-0.25, -0.2) is 8.42 Å². The quantitative estimate of drug-likeness (QED) is 0.915. The molecule has 0 spiro atoms. The summed E-state index contributed by atoms with van der Waals surface area (Å²) in [4.78, 5) is 0.285. The first-order valence-electron chi connectivity index (χ1n) is 7.31. The molecule has 0 amide bonds. The van der Waals surface area contributed by atoms with Gasteiger partial charge >= 0.3 is 0 Å². The molecule has 0 aromatic heterocycles. The molecule has 0 saturated heterocycles. The van der Waals surface area contributed by atoms with Crippen LogP contribution in [0.4, 0.5) is 5.69 Å². The molecule has 0 aliphatic carbocycles. The average molecular weight is 317 g/mol. The van der Waals surface area contributed by atoms with Crippen molar-refractivity contribution in [1.29, 1.82) is 0 Å². The Hall–Kier alpha value is -1.81. The number of nitrogens with one attached hydrogen (secondary N) is 1. The number of rotatable bonds is 3. The summed E-state index contributed by atoms with van der Waals surface area (Å²) in [6.07, 6.45) is 0. The van der Waals surface area contributed by atoms with E-state index in [4.69, 9.17) is 0 Å². The van der Waals surface area contributed by atoms with Gasteiger partial charge in [-0.2, -0.15) is 0 Å². The number of aryl methyl sites for hydroxylation is 1. The van der Waals surface area contributed by atoms with Crippen molar-refractivity contribution in [2.45, 2.75) is 46.4 Å². The minimum atomic E-state index is -3.57. The first kappa shape index (κ1) is 16.6. The highest BCUT2D eigenvalue weighted by atomic mass is 32.2. The van der Waals surface area contributed by atoms with Gasteiger partial charge in [0, 0.05) is 0 Å². The van der Waals surface area contributed by atoms with Crippen LogP contribution in [0.2, 0.25) is 0 Å². The Bertz CT molecular complexity index is 790. The van der Waals surface area contributed by atoms with Crippen LogP contribution in [0.25, 0.3) is 0 Å². The van der Waals surface area contributed by atoms with Crippen LogP contribution in [0.3, 0.4) is 0 Å². The zero-order valence-electron chi connectivity index (χ0n) is 14.0. The normalized spacial score (nSPS) is 11.5. The smallest absolute Gasteiger partial charge is 0.261 e. The molecule has 2 aromatic rings. The van der Waals surface area contributed by atoms with Crippen molar-refractivity contribution < 1.29 is 8.42 Å². The maximum absolute atomic E-state index is 12.6. The van der Waals surface area contributed by atoms with Gasteiger partial charge in [0.15, 0.2) is 0 Å². The molecule has 4 heteroatoms. The van der Waals surface area contributed by atoms with Crippen LogP contribution in [0.15, 0.2) is 29.2 Å². The summed E-state index contributed by atoms with van der Waals surface area (Å²) < 4.78 is 28.0. The van der Waals surface area contributed by atoms with Crippen molar-refractivity contribution in [3.63, 3.8) is 0 Å². The second kappa shape index (κ2) is 5.76. The lowest BCUT2D eigenvalue weighted by Gasteiger charge is -2.20. The van der Waals surface area contributed by atoms with Gasteiger partial charge in [0.2, 0.25) is 0 Å². The Morgan fingerprint density at radius 3 is 1.55 bits per heavy atom. The van der Waals surface area contributed by atoms with E-state index in [1.54, 1.807) is 24.3 Å². The molecular weight excluding hydrogens is 294 g/mol. The summed E-state index contributed by atoms with van der Waals surface area (Å²) in [7, 11) is -3.57. The Morgan fingerprint density at radius 2 is 1.09 bits per heavy atom. The molecule has 22 heavy (non-hydrogen) atoms. The third-order valence-corrected chi connectivity index (χ3v) is 5.93. The molecule has 0 unspecified atom stereocenters. The minimum absolute atomic E-state index is 0.285. The second-order valence-electron chi connectivity index (χ2n) is 5.92. The molecule has 2 rings (SSSR count). The van der Waals surface area contributed by atoms with E-state index in [0.29, 0.717) is 5.69 Å². The Balaban J connectivity index is 2.53. The average Bonchev–Trinajstić information content (AvgIpc) is 2.48. The van der Waals surface area contributed by atoms with Crippen LogP contribution in [0.5, 0.6) is 0 Å². The van der Waals surface area contributed by atoms with Crippen molar-refractivity contribution in [3.8, 4) is 0 Å². The molecule has 2 aromatic carbocycles. The summed E-state index contributed by atoms with van der Waals surface area (Å²) in [6.45, 7) is 12.0. The number of hydrogen-bond donors (Lipinski definition) is 1. The standard InChI is InChI=1S/C18H23NO2S/c1-11-7-9-17(10-8-11)22(20,21)19-18-15(5)13(3)12(2)14(4)16(18)6/h7-10,19H,1-6H3. The maximum Gasteiger partial charge on any atom is 0.261 e. The van der Waals surface area contributed by atoms with Gasteiger partial charge in [0.25, 0.3) is 10.0 Å². The van der Waals surface area contributed by atoms with Crippen molar-refractivity contribution in [3.05, 3.63) is 57.6 Å². The lowest BCUT2D eigenvalue weighted by atomic mass is 9.93. The van der Waals surface area contributed by atoms with Crippen molar-refractivity contribution in [1.82, 2.24) is 0 Å². The van der Waals surface area contributed by atoms with Crippen molar-refractivity contribution >= 4 is 15.7 Å². The number of hydrogen-bond acceptors (Lipinski definition) is 2. The van der Waals surface area contributed by atoms with Gasteiger partial charge < -0.3 is 0 Å². The molecule has 0 atom stereocenters. The van der Waals surface area contributed by atoms with E-state index in [9.17, 15) is 8.42 Å². The van der Waals surface area contributed by atoms with Gasteiger partial charge in [-0.05, 0) is 81.5 Å². The molecule has 1 N–H and O–H groups in total. The molecule has 0 fully saturated rings. The van der Waals surface area contributed by atoms with Crippen LogP contribution in [-0.2, 0) is 10.0 Å². The van der Waals surface area contributed by atoms with Crippen molar-refractivity contribution in [2.75, 3.05) is 4.72 Å². The third-order valence-electron chi connectivity index (χ3n) is 4.57. The minimum Gasteiger partial charge on any atom is -0.279 e. The molecule has 118 valence electrons. The fourth-order valence-electron chi connectivity index (χ4n) is 2.56. The van der Waals surface area contributed by atoms with E-state index in [2.05, 4.69) is 11.6 Å². The first-order valence-corrected chi connectivity index (χ1v) is 8.80. The number of benzene rings is 2. The molecule has 0 aliphatic heterocycles. The summed E-state index contributed by atoms with van der Waals surface area (Å²) in [5, 5.41) is 0. The van der Waals surface area contributed by atoms with Gasteiger partial charge in [-0.15, -0.1) is 0 Å². The third kappa shape index (κ3) is 2.88. The van der Waals surface area contributed by atoms with E-state index in [-0.39, 0.29) is 4.90 Å². The molecule has 0 radical (unpaired) electrons. The zero-order valence-corrected chi connectivity index (χ0v) is 14.9. The van der Waals surface area contributed by atoms with E-state index >= 15 is 0 Å². The van der Waals surface area contributed by atoms with E-state index < -0.39 is 10.0 Å². The molecular formula is C18H23NO2S. The molecule has 0 aliphatic rings. The Kier molecular flexibility index (Phi) is 4.34. The summed E-state index contributed by atoms with van der Waals surface area (Å²) in [5.74, 6) is 0. The highest BCUT2D eigenvalue weighted by molar-refractivity contribution is 7.92. The molecule has 0 heterocycles. The van der Waals surface area contributed by atoms with Gasteiger partial charge in [0.05, 0.1) is 10.6 Å². The van der Waals surface area contributed by atoms with E-state index in [1.807, 2.05) is 34.6 Å². The van der Waals surface area contributed by atoms with Gasteiger partial charge in [-0.3, -0.25) is 4.72 Å². The van der Waals surface area contributed by atoms with Crippen LogP contribution in [0, 0.1) is 41.5 Å². The summed E-state index contributed by atoms with van der Waals surface area (Å²) in [5.41, 5.74) is 7.17. The molecule has 3 nitrogen and oxygen atoms in total. The predicted octanol–water partition coefficient (Wildman–Crippen LogP) is 4.34. The van der Waals surface area contributed by atoms with E-state index in [0.717, 1.165) is 27.8 Å². The van der Waals surface area contributed by atoms with Crippen LogP contribution < -0.4 is 4.72 Å². The second-order valence-corrected chi connectivity index (χ2v) is 7.60. The SMILES string of the molecule is Cc1ccc(S(=O)(=O)Nc2c(C)c(C)c(C)c(C)c2C)cc1. The maximum atomic E-state index is 12.6. The highest BCUT2D eigenvalue weighted by Crippen LogP contribution is 2.31. The van der Waals surface area contributed by atoms with E-state index in [1.165, 1.54) is 5.56 Å². The number of anilines is 1. The summed E-state index contributed by atoms with van der Waals surface area (Å²) in [6, 6.07) is 6.88. The van der Waals surface area contributed by atoms with Crippen LogP contribution in [-0.4, -0.2) is 8.42 Å². The van der Waals surface area contributed by atoms with Crippen LogP contribution >= 0.6 is 0 Å². The fourth-order valence-corrected chi connectivity index (χ4v) is 3.75. The Morgan fingerprint density at radius 1 is 0.682 bits per heavy atom. The number of sulfonamides is 1. The predicted molar refractivity (Wildman–Crippen MR) is 92.1 cm³/mol. The zero-order chi connectivity index (χ0) is 16.7. The lowest BCUT2D eigenvalue weighted by Crippen LogP contribution is -2.16. The fraction of sp³-hybridized carbons (Fsp3) is 0.333.